The normalized spacial score (nSPS) is 16.0. The van der Waals surface area contributed by atoms with E-state index in [1.807, 2.05) is 0 Å². The zero-order valence-electron chi connectivity index (χ0n) is 16.2. The molecule has 1 aliphatic rings. The van der Waals surface area contributed by atoms with Crippen molar-refractivity contribution in [2.75, 3.05) is 17.7 Å². The van der Waals surface area contributed by atoms with E-state index >= 15 is 0 Å². The molecule has 1 unspecified atom stereocenters. The molecular weight excluding hydrogens is 481 g/mol. The molecule has 0 bridgehead atoms. The van der Waals surface area contributed by atoms with E-state index in [0.717, 1.165) is 12.8 Å². The summed E-state index contributed by atoms with van der Waals surface area (Å²) in [5.74, 6) is -0.259. The summed E-state index contributed by atoms with van der Waals surface area (Å²) in [6, 6.07) is 9.98. The third-order valence-electron chi connectivity index (χ3n) is 4.85. The van der Waals surface area contributed by atoms with Crippen LogP contribution in [0.5, 0.6) is 0 Å². The first-order valence-corrected chi connectivity index (χ1v) is 11.7. The van der Waals surface area contributed by atoms with Crippen LogP contribution in [-0.2, 0) is 16.1 Å². The van der Waals surface area contributed by atoms with Crippen molar-refractivity contribution in [2.45, 2.75) is 30.6 Å². The first-order valence-electron chi connectivity index (χ1n) is 9.61. The molecule has 1 aliphatic heterocycles. The minimum absolute atomic E-state index is 0.0346. The number of amides is 1. The number of rotatable bonds is 6. The fourth-order valence-corrected chi connectivity index (χ4v) is 4.68. The molecule has 3 aromatic rings. The number of carbonyl (C=O) groups is 1. The average Bonchev–Trinajstić information content (AvgIpc) is 3.25. The Kier molecular flexibility index (Phi) is 7.08. The van der Waals surface area contributed by atoms with Gasteiger partial charge in [0, 0.05) is 11.6 Å². The van der Waals surface area contributed by atoms with Crippen molar-refractivity contribution < 1.29 is 9.53 Å². The van der Waals surface area contributed by atoms with E-state index in [4.69, 9.17) is 39.5 Å². The SMILES string of the molecule is O=C(CSc1nc2cc(Cl)ccc2c(=O)n1CC1CCCO1)Nc1cccc(Cl)c1Cl. The van der Waals surface area contributed by atoms with Crippen LogP contribution in [-0.4, -0.2) is 33.9 Å². The minimum Gasteiger partial charge on any atom is -0.376 e. The summed E-state index contributed by atoms with van der Waals surface area (Å²) >= 11 is 19.4. The number of aromatic nitrogens is 2. The highest BCUT2D eigenvalue weighted by Crippen LogP contribution is 2.30. The van der Waals surface area contributed by atoms with Crippen LogP contribution in [0, 0.1) is 0 Å². The number of halogens is 3. The minimum atomic E-state index is -0.293. The highest BCUT2D eigenvalue weighted by atomic mass is 35.5. The summed E-state index contributed by atoms with van der Waals surface area (Å²) in [5.41, 5.74) is 0.731. The molecule has 4 rings (SSSR count). The van der Waals surface area contributed by atoms with Gasteiger partial charge in [0.05, 0.1) is 45.0 Å². The molecule has 0 saturated carbocycles. The van der Waals surface area contributed by atoms with Crippen molar-refractivity contribution in [3.63, 3.8) is 0 Å². The zero-order chi connectivity index (χ0) is 22.0. The number of hydrogen-bond donors (Lipinski definition) is 1. The largest absolute Gasteiger partial charge is 0.376 e. The Morgan fingerprint density at radius 1 is 1.26 bits per heavy atom. The molecule has 2 heterocycles. The standard InChI is InChI=1S/C21H18Cl3N3O3S/c22-12-6-7-14-17(9-12)26-21(27(20(14)29)10-13-3-2-8-30-13)31-11-18(28)25-16-5-1-4-15(23)19(16)24/h1,4-7,9,13H,2-3,8,10-11H2,(H,25,28). The molecule has 31 heavy (non-hydrogen) atoms. The summed E-state index contributed by atoms with van der Waals surface area (Å²) in [6.07, 6.45) is 1.78. The predicted molar refractivity (Wildman–Crippen MR) is 126 cm³/mol. The molecule has 2 aromatic carbocycles. The van der Waals surface area contributed by atoms with Crippen LogP contribution in [0.2, 0.25) is 15.1 Å². The monoisotopic (exact) mass is 497 g/mol. The summed E-state index contributed by atoms with van der Waals surface area (Å²) < 4.78 is 7.28. The predicted octanol–water partition coefficient (Wildman–Crippen LogP) is 5.27. The third-order valence-corrected chi connectivity index (χ3v) is 6.88. The lowest BCUT2D eigenvalue weighted by Gasteiger charge is -2.16. The van der Waals surface area contributed by atoms with E-state index < -0.39 is 0 Å². The molecule has 10 heteroatoms. The molecule has 1 amide bonds. The van der Waals surface area contributed by atoms with Crippen molar-refractivity contribution >= 4 is 69.1 Å². The van der Waals surface area contributed by atoms with Gasteiger partial charge in [-0.25, -0.2) is 4.98 Å². The fourth-order valence-electron chi connectivity index (χ4n) is 3.35. The number of thioether (sulfide) groups is 1. The van der Waals surface area contributed by atoms with Crippen LogP contribution < -0.4 is 10.9 Å². The molecular formula is C21H18Cl3N3O3S. The van der Waals surface area contributed by atoms with Crippen LogP contribution in [0.1, 0.15) is 12.8 Å². The molecule has 0 aliphatic carbocycles. The van der Waals surface area contributed by atoms with Gasteiger partial charge in [0.25, 0.3) is 5.56 Å². The first kappa shape index (κ1) is 22.4. The maximum Gasteiger partial charge on any atom is 0.262 e. The van der Waals surface area contributed by atoms with E-state index in [2.05, 4.69) is 10.3 Å². The summed E-state index contributed by atoms with van der Waals surface area (Å²) in [4.78, 5) is 30.3. The van der Waals surface area contributed by atoms with E-state index in [0.29, 0.717) is 44.9 Å². The van der Waals surface area contributed by atoms with Crippen LogP contribution in [0.15, 0.2) is 46.3 Å². The topological polar surface area (TPSA) is 73.2 Å². The van der Waals surface area contributed by atoms with E-state index in [1.165, 1.54) is 11.8 Å². The highest BCUT2D eigenvalue weighted by Gasteiger charge is 2.21. The summed E-state index contributed by atoms with van der Waals surface area (Å²) in [5, 5.41) is 4.76. The first-order chi connectivity index (χ1) is 14.9. The van der Waals surface area contributed by atoms with Gasteiger partial charge in [-0.1, -0.05) is 52.6 Å². The second kappa shape index (κ2) is 9.79. The van der Waals surface area contributed by atoms with Gasteiger partial charge in [-0.2, -0.15) is 0 Å². The second-order valence-electron chi connectivity index (χ2n) is 7.04. The van der Waals surface area contributed by atoms with E-state index in [-0.39, 0.29) is 28.3 Å². The van der Waals surface area contributed by atoms with Gasteiger partial charge in [-0.15, -0.1) is 0 Å². The third kappa shape index (κ3) is 5.18. The van der Waals surface area contributed by atoms with Crippen molar-refractivity contribution in [2.24, 2.45) is 0 Å². The summed E-state index contributed by atoms with van der Waals surface area (Å²) in [6.45, 7) is 1.07. The Hall–Kier alpha value is -1.77. The maximum atomic E-state index is 13.1. The van der Waals surface area contributed by atoms with Crippen molar-refractivity contribution in [3.8, 4) is 0 Å². The Morgan fingerprint density at radius 2 is 2.10 bits per heavy atom. The van der Waals surface area contributed by atoms with Gasteiger partial charge in [0.15, 0.2) is 5.16 Å². The van der Waals surface area contributed by atoms with E-state index in [9.17, 15) is 9.59 Å². The number of fused-ring (bicyclic) bond motifs is 1. The molecule has 1 saturated heterocycles. The van der Waals surface area contributed by atoms with Gasteiger partial charge in [0.2, 0.25) is 5.91 Å². The number of nitrogens with zero attached hydrogens (tertiary/aromatic N) is 2. The molecule has 0 spiro atoms. The number of anilines is 1. The molecule has 1 fully saturated rings. The molecule has 1 aromatic heterocycles. The lowest BCUT2D eigenvalue weighted by Crippen LogP contribution is -2.29. The van der Waals surface area contributed by atoms with Gasteiger partial charge >= 0.3 is 0 Å². The zero-order valence-corrected chi connectivity index (χ0v) is 19.3. The Bertz CT molecular complexity index is 1200. The lowest BCUT2D eigenvalue weighted by molar-refractivity contribution is -0.113. The number of hydrogen-bond acceptors (Lipinski definition) is 5. The number of ether oxygens (including phenoxy) is 1. The average molecular weight is 499 g/mol. The van der Waals surface area contributed by atoms with Crippen LogP contribution >= 0.6 is 46.6 Å². The smallest absolute Gasteiger partial charge is 0.262 e. The quantitative estimate of drug-likeness (QED) is 0.370. The molecule has 1 atom stereocenters. The van der Waals surface area contributed by atoms with Gasteiger partial charge in [-0.3, -0.25) is 14.2 Å². The van der Waals surface area contributed by atoms with Crippen molar-refractivity contribution in [1.82, 2.24) is 9.55 Å². The Labute approximate surface area is 197 Å². The molecule has 6 nitrogen and oxygen atoms in total. The molecule has 162 valence electrons. The van der Waals surface area contributed by atoms with Gasteiger partial charge < -0.3 is 10.1 Å². The van der Waals surface area contributed by atoms with Crippen LogP contribution in [0.4, 0.5) is 5.69 Å². The molecule has 0 radical (unpaired) electrons. The number of nitrogens with one attached hydrogen (secondary N) is 1. The Morgan fingerprint density at radius 3 is 2.87 bits per heavy atom. The Balaban J connectivity index is 1.59. The fraction of sp³-hybridized carbons (Fsp3) is 0.286. The van der Waals surface area contributed by atoms with Crippen molar-refractivity contribution in [1.29, 1.82) is 0 Å². The van der Waals surface area contributed by atoms with Crippen molar-refractivity contribution in [3.05, 3.63) is 61.8 Å². The van der Waals surface area contributed by atoms with Gasteiger partial charge in [0.1, 0.15) is 0 Å². The summed E-state index contributed by atoms with van der Waals surface area (Å²) in [7, 11) is 0. The van der Waals surface area contributed by atoms with Crippen LogP contribution in [0.25, 0.3) is 10.9 Å². The maximum absolute atomic E-state index is 13.1. The number of carbonyl (C=O) groups excluding carboxylic acids is 1. The highest BCUT2D eigenvalue weighted by molar-refractivity contribution is 7.99. The second-order valence-corrected chi connectivity index (χ2v) is 9.21. The van der Waals surface area contributed by atoms with Gasteiger partial charge in [-0.05, 0) is 43.2 Å². The van der Waals surface area contributed by atoms with E-state index in [1.54, 1.807) is 41.0 Å². The molecule has 1 N–H and O–H groups in total. The van der Waals surface area contributed by atoms with Crippen LogP contribution in [0.3, 0.4) is 0 Å². The lowest BCUT2D eigenvalue weighted by atomic mass is 10.2. The number of benzene rings is 2.